The predicted molar refractivity (Wildman–Crippen MR) is 136 cm³/mol. The van der Waals surface area contributed by atoms with Gasteiger partial charge in [-0.15, -0.1) is 0 Å². The number of H-pyrrole nitrogens is 1. The van der Waals surface area contributed by atoms with E-state index in [1.807, 2.05) is 0 Å². The molecule has 3 N–H and O–H groups in total. The molecule has 41 heavy (non-hydrogen) atoms. The summed E-state index contributed by atoms with van der Waals surface area (Å²) < 4.78 is 96.6. The fourth-order valence-electron chi connectivity index (χ4n) is 6.10. The van der Waals surface area contributed by atoms with Gasteiger partial charge < -0.3 is 20.5 Å². The second kappa shape index (κ2) is 10.4. The molecular weight excluding hydrogens is 575 g/mol. The van der Waals surface area contributed by atoms with Crippen LogP contribution in [0.15, 0.2) is 29.4 Å². The molecule has 1 aliphatic carbocycles. The van der Waals surface area contributed by atoms with Crippen molar-refractivity contribution in [2.45, 2.75) is 56.2 Å². The summed E-state index contributed by atoms with van der Waals surface area (Å²) in [7, 11) is -4.32. The summed E-state index contributed by atoms with van der Waals surface area (Å²) in [6, 6.07) is -1.48. The first kappa shape index (κ1) is 29.0. The Kier molecular flexibility index (Phi) is 7.37. The lowest BCUT2D eigenvalue weighted by Gasteiger charge is -2.53. The first-order chi connectivity index (χ1) is 19.2. The lowest BCUT2D eigenvalue weighted by Crippen LogP contribution is -2.68. The minimum absolute atomic E-state index is 0.112. The molecule has 0 unspecified atom stereocenters. The maximum Gasteiger partial charge on any atom is 0.271 e. The highest BCUT2D eigenvalue weighted by Gasteiger charge is 2.60. The maximum atomic E-state index is 15.1. The molecule has 3 aliphatic heterocycles. The van der Waals surface area contributed by atoms with E-state index < -0.39 is 86.7 Å². The molecule has 1 aromatic heterocycles. The second-order valence-corrected chi connectivity index (χ2v) is 12.8. The van der Waals surface area contributed by atoms with Crippen LogP contribution in [0.2, 0.25) is 0 Å². The molecule has 1 saturated carbocycles. The number of aromatic nitrogens is 1. The van der Waals surface area contributed by atoms with Gasteiger partial charge in [-0.05, 0) is 50.0 Å². The fourth-order valence-corrected chi connectivity index (χ4v) is 6.51. The van der Waals surface area contributed by atoms with Crippen molar-refractivity contribution in [1.29, 1.82) is 0 Å². The van der Waals surface area contributed by atoms with Gasteiger partial charge in [0, 0.05) is 36.6 Å². The molecule has 4 fully saturated rings. The lowest BCUT2D eigenvalue weighted by atomic mass is 9.71. The smallest absolute Gasteiger partial charge is 0.271 e. The Bertz CT molecular complexity index is 1520. The molecule has 222 valence electrons. The molecule has 2 bridgehead atoms. The molecule has 4 aliphatic rings. The Morgan fingerprint density at radius 3 is 2.51 bits per heavy atom. The molecule has 0 radical (unpaired) electrons. The number of fused-ring (bicyclic) bond motifs is 4. The molecule has 3 amide bonds. The number of alkyl halides is 2. The SMILES string of the molecule is CS(=O)(=O)/C(F)=C\[C@H](C[C@@H]1CCNC1=O)NC(=O)[C@@H]1[C@H]2CC[C@H](CC2(F)F)N1C(=O)c1cc2c(F)ccc(F)c2[nH]1. The van der Waals surface area contributed by atoms with Gasteiger partial charge in [-0.1, -0.05) is 0 Å². The van der Waals surface area contributed by atoms with Crippen molar-refractivity contribution in [3.8, 4) is 0 Å². The molecule has 4 heterocycles. The van der Waals surface area contributed by atoms with Gasteiger partial charge in [0.25, 0.3) is 11.8 Å². The highest BCUT2D eigenvalue weighted by molar-refractivity contribution is 7.94. The fraction of sp³-hybridized carbons (Fsp3) is 0.500. The molecule has 6 rings (SSSR count). The van der Waals surface area contributed by atoms with E-state index >= 15 is 8.78 Å². The first-order valence-corrected chi connectivity index (χ1v) is 14.9. The van der Waals surface area contributed by atoms with E-state index in [0.717, 1.165) is 23.1 Å². The molecule has 15 heteroatoms. The standard InChI is InChI=1S/C26H27F5N4O5S/c1-41(39,40)20(29)9-13(8-12-6-7-32-23(12)36)33-24(37)22-16-3-2-14(11-26(16,30)31)35(22)25(38)19-10-15-17(27)4-5-18(28)21(15)34-19/h4-5,9-10,12-14,16,22,34H,2-3,6-8,11H2,1H3,(H,32,36)(H,33,37)/b20-9-/t12-,13-,14+,16+,22-/m0/s1. The average molecular weight is 603 g/mol. The zero-order valence-electron chi connectivity index (χ0n) is 21.7. The van der Waals surface area contributed by atoms with E-state index in [9.17, 15) is 36.0 Å². The van der Waals surface area contributed by atoms with Crippen LogP contribution >= 0.6 is 0 Å². The number of piperidine rings is 2. The molecule has 3 saturated heterocycles. The topological polar surface area (TPSA) is 128 Å². The molecule has 2 aromatic rings. The third-order valence-corrected chi connectivity index (χ3v) is 8.92. The number of carbonyl (C=O) groups excluding carboxylic acids is 3. The van der Waals surface area contributed by atoms with Crippen LogP contribution in [-0.4, -0.2) is 72.9 Å². The summed E-state index contributed by atoms with van der Waals surface area (Å²) in [5, 5.41) is 3.14. The zero-order valence-corrected chi connectivity index (χ0v) is 22.5. The maximum absolute atomic E-state index is 15.1. The van der Waals surface area contributed by atoms with Crippen LogP contribution in [0, 0.1) is 23.5 Å². The zero-order chi connectivity index (χ0) is 29.9. The van der Waals surface area contributed by atoms with Gasteiger partial charge in [0.1, 0.15) is 23.4 Å². The minimum atomic E-state index is -4.32. The quantitative estimate of drug-likeness (QED) is 0.420. The van der Waals surface area contributed by atoms with Crippen molar-refractivity contribution >= 4 is 38.5 Å². The van der Waals surface area contributed by atoms with Crippen molar-refractivity contribution in [2.24, 2.45) is 11.8 Å². The summed E-state index contributed by atoms with van der Waals surface area (Å²) >= 11 is 0. The van der Waals surface area contributed by atoms with Gasteiger partial charge in [-0.25, -0.2) is 26.0 Å². The summed E-state index contributed by atoms with van der Waals surface area (Å²) in [5.74, 6) is -9.77. The third-order valence-electron chi connectivity index (χ3n) is 8.07. The van der Waals surface area contributed by atoms with E-state index in [1.54, 1.807) is 0 Å². The van der Waals surface area contributed by atoms with E-state index in [4.69, 9.17) is 0 Å². The molecule has 1 aromatic carbocycles. The van der Waals surface area contributed by atoms with Crippen LogP contribution in [0.25, 0.3) is 10.9 Å². The number of hydrogen-bond donors (Lipinski definition) is 3. The summed E-state index contributed by atoms with van der Waals surface area (Å²) in [4.78, 5) is 42.8. The largest absolute Gasteiger partial charge is 0.356 e. The number of carbonyl (C=O) groups is 3. The summed E-state index contributed by atoms with van der Waals surface area (Å²) in [6.07, 6.45) is 0.618. The number of sulfone groups is 1. The number of amides is 3. The Morgan fingerprint density at radius 1 is 1.20 bits per heavy atom. The normalized spacial score (nSPS) is 26.7. The van der Waals surface area contributed by atoms with Crippen molar-refractivity contribution in [3.63, 3.8) is 0 Å². The van der Waals surface area contributed by atoms with E-state index in [1.165, 1.54) is 0 Å². The third kappa shape index (κ3) is 5.43. The Balaban J connectivity index is 1.49. The van der Waals surface area contributed by atoms with Crippen molar-refractivity contribution in [2.75, 3.05) is 12.8 Å². The highest BCUT2D eigenvalue weighted by Crippen LogP contribution is 2.49. The van der Waals surface area contributed by atoms with E-state index in [-0.39, 0.29) is 35.9 Å². The van der Waals surface area contributed by atoms with E-state index in [0.29, 0.717) is 25.3 Å². The predicted octanol–water partition coefficient (Wildman–Crippen LogP) is 2.94. The minimum Gasteiger partial charge on any atom is -0.356 e. The van der Waals surface area contributed by atoms with Crippen LogP contribution in [0.5, 0.6) is 0 Å². The van der Waals surface area contributed by atoms with Crippen LogP contribution in [0.1, 0.15) is 42.6 Å². The van der Waals surface area contributed by atoms with Gasteiger partial charge in [-0.2, -0.15) is 4.39 Å². The number of halogens is 5. The van der Waals surface area contributed by atoms with Gasteiger partial charge in [0.15, 0.2) is 0 Å². The lowest BCUT2D eigenvalue weighted by molar-refractivity contribution is -0.179. The highest BCUT2D eigenvalue weighted by atomic mass is 32.2. The molecule has 0 spiro atoms. The number of nitrogens with one attached hydrogen (secondary N) is 3. The molecule has 9 nitrogen and oxygen atoms in total. The Hall–Kier alpha value is -3.49. The summed E-state index contributed by atoms with van der Waals surface area (Å²) in [6.45, 7) is 0.314. The first-order valence-electron chi connectivity index (χ1n) is 13.0. The van der Waals surface area contributed by atoms with Crippen molar-refractivity contribution in [3.05, 3.63) is 46.8 Å². The Morgan fingerprint density at radius 2 is 1.90 bits per heavy atom. The number of rotatable bonds is 7. The van der Waals surface area contributed by atoms with Gasteiger partial charge in [0.2, 0.25) is 26.8 Å². The average Bonchev–Trinajstić information content (AvgIpc) is 3.52. The van der Waals surface area contributed by atoms with Crippen molar-refractivity contribution in [1.82, 2.24) is 20.5 Å². The van der Waals surface area contributed by atoms with Gasteiger partial charge in [-0.3, -0.25) is 14.4 Å². The van der Waals surface area contributed by atoms with Crippen LogP contribution < -0.4 is 10.6 Å². The van der Waals surface area contributed by atoms with Crippen LogP contribution in [-0.2, 0) is 19.4 Å². The van der Waals surface area contributed by atoms with Gasteiger partial charge >= 0.3 is 0 Å². The number of nitrogens with zero attached hydrogens (tertiary/aromatic N) is 1. The number of benzene rings is 1. The second-order valence-electron chi connectivity index (χ2n) is 10.8. The summed E-state index contributed by atoms with van der Waals surface area (Å²) in [5.41, 5.74) is -0.627. The monoisotopic (exact) mass is 602 g/mol. The van der Waals surface area contributed by atoms with Gasteiger partial charge in [0.05, 0.1) is 17.5 Å². The van der Waals surface area contributed by atoms with E-state index in [2.05, 4.69) is 15.6 Å². The Labute approximate surface area is 231 Å². The van der Waals surface area contributed by atoms with Crippen LogP contribution in [0.3, 0.4) is 0 Å². The molecule has 5 atom stereocenters. The number of aromatic amines is 1. The van der Waals surface area contributed by atoms with Crippen molar-refractivity contribution < 1.29 is 44.8 Å². The number of hydrogen-bond acceptors (Lipinski definition) is 5. The molecular formula is C26H27F5N4O5S. The van der Waals surface area contributed by atoms with Crippen LogP contribution in [0.4, 0.5) is 22.0 Å².